The SMILES string of the molecule is Cl.NC(=O)Nc1ccc(CNC(=O)C2CCCCN2)cc1. The van der Waals surface area contributed by atoms with E-state index >= 15 is 0 Å². The molecular formula is C14H21ClN4O2. The van der Waals surface area contributed by atoms with Gasteiger partial charge in [-0.2, -0.15) is 0 Å². The Balaban J connectivity index is 0.00000220. The van der Waals surface area contributed by atoms with Crippen LogP contribution in [-0.4, -0.2) is 24.5 Å². The smallest absolute Gasteiger partial charge is 0.316 e. The number of hydrogen-bond acceptors (Lipinski definition) is 3. The van der Waals surface area contributed by atoms with Gasteiger partial charge in [-0.1, -0.05) is 18.6 Å². The first-order chi connectivity index (χ1) is 9.65. The van der Waals surface area contributed by atoms with E-state index in [1.165, 1.54) is 0 Å². The molecule has 0 bridgehead atoms. The Hall–Kier alpha value is -1.79. The number of rotatable bonds is 4. The predicted octanol–water partition coefficient (Wildman–Crippen LogP) is 1.36. The average molecular weight is 313 g/mol. The Morgan fingerprint density at radius 1 is 1.24 bits per heavy atom. The van der Waals surface area contributed by atoms with Gasteiger partial charge in [0.25, 0.3) is 0 Å². The molecule has 0 radical (unpaired) electrons. The van der Waals surface area contributed by atoms with E-state index in [-0.39, 0.29) is 24.4 Å². The second kappa shape index (κ2) is 8.49. The van der Waals surface area contributed by atoms with Crippen molar-refractivity contribution in [3.8, 4) is 0 Å². The summed E-state index contributed by atoms with van der Waals surface area (Å²) in [6.07, 6.45) is 3.13. The van der Waals surface area contributed by atoms with Crippen LogP contribution in [0.15, 0.2) is 24.3 Å². The molecule has 1 fully saturated rings. The Morgan fingerprint density at radius 3 is 2.52 bits per heavy atom. The molecule has 0 saturated carbocycles. The summed E-state index contributed by atoms with van der Waals surface area (Å²) in [6, 6.07) is 6.55. The minimum atomic E-state index is -0.588. The summed E-state index contributed by atoms with van der Waals surface area (Å²) in [5, 5.41) is 8.62. The van der Waals surface area contributed by atoms with Crippen LogP contribution in [0.5, 0.6) is 0 Å². The number of nitrogens with one attached hydrogen (secondary N) is 3. The number of halogens is 1. The highest BCUT2D eigenvalue weighted by molar-refractivity contribution is 5.87. The summed E-state index contributed by atoms with van der Waals surface area (Å²) in [7, 11) is 0. The van der Waals surface area contributed by atoms with Crippen LogP contribution in [0.3, 0.4) is 0 Å². The number of carbonyl (C=O) groups excluding carboxylic acids is 2. The van der Waals surface area contributed by atoms with E-state index in [1.807, 2.05) is 12.1 Å². The lowest BCUT2D eigenvalue weighted by Gasteiger charge is -2.22. The first-order valence-corrected chi connectivity index (χ1v) is 6.81. The topological polar surface area (TPSA) is 96.2 Å². The zero-order chi connectivity index (χ0) is 14.4. The average Bonchev–Trinajstić information content (AvgIpc) is 2.46. The Labute approximate surface area is 130 Å². The summed E-state index contributed by atoms with van der Waals surface area (Å²) < 4.78 is 0. The second-order valence-electron chi connectivity index (χ2n) is 4.91. The fourth-order valence-corrected chi connectivity index (χ4v) is 2.24. The van der Waals surface area contributed by atoms with Crippen LogP contribution in [0.2, 0.25) is 0 Å². The van der Waals surface area contributed by atoms with E-state index in [2.05, 4.69) is 16.0 Å². The molecule has 2 rings (SSSR count). The molecule has 1 aliphatic heterocycles. The lowest BCUT2D eigenvalue weighted by Crippen LogP contribution is -2.46. The molecule has 1 aliphatic rings. The van der Waals surface area contributed by atoms with Crippen molar-refractivity contribution < 1.29 is 9.59 Å². The molecular weight excluding hydrogens is 292 g/mol. The van der Waals surface area contributed by atoms with Gasteiger partial charge in [0.05, 0.1) is 6.04 Å². The predicted molar refractivity (Wildman–Crippen MR) is 84.4 cm³/mol. The third kappa shape index (κ3) is 5.61. The van der Waals surface area contributed by atoms with Crippen molar-refractivity contribution in [2.24, 2.45) is 5.73 Å². The van der Waals surface area contributed by atoms with Gasteiger partial charge < -0.3 is 21.7 Å². The third-order valence-corrected chi connectivity index (χ3v) is 3.32. The van der Waals surface area contributed by atoms with Crippen LogP contribution in [-0.2, 0) is 11.3 Å². The van der Waals surface area contributed by atoms with Crippen molar-refractivity contribution in [1.29, 1.82) is 0 Å². The first-order valence-electron chi connectivity index (χ1n) is 6.81. The number of anilines is 1. The Kier molecular flexibility index (Phi) is 6.98. The van der Waals surface area contributed by atoms with E-state index in [0.29, 0.717) is 12.2 Å². The van der Waals surface area contributed by atoms with E-state index in [9.17, 15) is 9.59 Å². The molecule has 6 nitrogen and oxygen atoms in total. The molecule has 1 saturated heterocycles. The van der Waals surface area contributed by atoms with Gasteiger partial charge >= 0.3 is 6.03 Å². The number of urea groups is 1. The molecule has 1 aromatic carbocycles. The van der Waals surface area contributed by atoms with Gasteiger partial charge in [0, 0.05) is 12.2 Å². The van der Waals surface area contributed by atoms with Gasteiger partial charge in [-0.3, -0.25) is 4.79 Å². The van der Waals surface area contributed by atoms with Crippen molar-refractivity contribution >= 4 is 30.0 Å². The van der Waals surface area contributed by atoms with Gasteiger partial charge in [-0.15, -0.1) is 12.4 Å². The second-order valence-corrected chi connectivity index (χ2v) is 4.91. The van der Waals surface area contributed by atoms with Gasteiger partial charge in [0.15, 0.2) is 0 Å². The van der Waals surface area contributed by atoms with Crippen LogP contribution in [0.25, 0.3) is 0 Å². The van der Waals surface area contributed by atoms with Crippen LogP contribution < -0.4 is 21.7 Å². The van der Waals surface area contributed by atoms with E-state index in [4.69, 9.17) is 5.73 Å². The number of nitrogens with two attached hydrogens (primary N) is 1. The maximum Gasteiger partial charge on any atom is 0.316 e. The zero-order valence-electron chi connectivity index (χ0n) is 11.7. The number of hydrogen-bond donors (Lipinski definition) is 4. The van der Waals surface area contributed by atoms with Crippen LogP contribution in [0.4, 0.5) is 10.5 Å². The number of benzene rings is 1. The fourth-order valence-electron chi connectivity index (χ4n) is 2.24. The van der Waals surface area contributed by atoms with Gasteiger partial charge in [0.1, 0.15) is 0 Å². The van der Waals surface area contributed by atoms with Crippen molar-refractivity contribution in [2.45, 2.75) is 31.8 Å². The molecule has 3 amide bonds. The summed E-state index contributed by atoms with van der Waals surface area (Å²) in [5.41, 5.74) is 6.65. The van der Waals surface area contributed by atoms with Crippen molar-refractivity contribution in [1.82, 2.24) is 10.6 Å². The third-order valence-electron chi connectivity index (χ3n) is 3.32. The molecule has 1 heterocycles. The minimum Gasteiger partial charge on any atom is -0.351 e. The fraction of sp³-hybridized carbons (Fsp3) is 0.429. The number of carbonyl (C=O) groups is 2. The quantitative estimate of drug-likeness (QED) is 0.676. The molecule has 1 atom stereocenters. The highest BCUT2D eigenvalue weighted by Gasteiger charge is 2.19. The minimum absolute atomic E-state index is 0. The largest absolute Gasteiger partial charge is 0.351 e. The van der Waals surface area contributed by atoms with Crippen molar-refractivity contribution in [2.75, 3.05) is 11.9 Å². The van der Waals surface area contributed by atoms with E-state index in [1.54, 1.807) is 12.1 Å². The maximum absolute atomic E-state index is 11.9. The summed E-state index contributed by atoms with van der Waals surface area (Å²) in [4.78, 5) is 22.6. The highest BCUT2D eigenvalue weighted by Crippen LogP contribution is 2.10. The summed E-state index contributed by atoms with van der Waals surface area (Å²) in [6.45, 7) is 1.39. The highest BCUT2D eigenvalue weighted by atomic mass is 35.5. The molecule has 7 heteroatoms. The van der Waals surface area contributed by atoms with Crippen LogP contribution >= 0.6 is 12.4 Å². The van der Waals surface area contributed by atoms with Crippen molar-refractivity contribution in [3.05, 3.63) is 29.8 Å². The maximum atomic E-state index is 11.9. The molecule has 1 aromatic rings. The molecule has 1 unspecified atom stereocenters. The molecule has 21 heavy (non-hydrogen) atoms. The Bertz CT molecular complexity index is 472. The normalized spacial score (nSPS) is 17.4. The number of primary amides is 1. The van der Waals surface area contributed by atoms with E-state index in [0.717, 1.165) is 31.4 Å². The lowest BCUT2D eigenvalue weighted by atomic mass is 10.0. The van der Waals surface area contributed by atoms with Gasteiger partial charge in [-0.05, 0) is 37.1 Å². The van der Waals surface area contributed by atoms with E-state index < -0.39 is 6.03 Å². The molecule has 0 aliphatic carbocycles. The number of amides is 3. The number of piperidine rings is 1. The van der Waals surface area contributed by atoms with Gasteiger partial charge in [0.2, 0.25) is 5.91 Å². The summed E-state index contributed by atoms with van der Waals surface area (Å²) >= 11 is 0. The molecule has 116 valence electrons. The molecule has 5 N–H and O–H groups in total. The lowest BCUT2D eigenvalue weighted by molar-refractivity contribution is -0.123. The molecule has 0 spiro atoms. The summed E-state index contributed by atoms with van der Waals surface area (Å²) in [5.74, 6) is 0.0454. The van der Waals surface area contributed by atoms with Crippen LogP contribution in [0, 0.1) is 0 Å². The first kappa shape index (κ1) is 17.3. The standard InChI is InChI=1S/C14H20N4O2.ClH/c15-14(20)18-11-6-4-10(5-7-11)9-17-13(19)12-3-1-2-8-16-12;/h4-7,12,16H,1-3,8-9H2,(H,17,19)(H3,15,18,20);1H. The molecule has 0 aromatic heterocycles. The Morgan fingerprint density at radius 2 is 1.95 bits per heavy atom. The monoisotopic (exact) mass is 312 g/mol. The van der Waals surface area contributed by atoms with Crippen LogP contribution in [0.1, 0.15) is 24.8 Å². The zero-order valence-corrected chi connectivity index (χ0v) is 12.5. The van der Waals surface area contributed by atoms with Crippen molar-refractivity contribution in [3.63, 3.8) is 0 Å². The van der Waals surface area contributed by atoms with Gasteiger partial charge in [-0.25, -0.2) is 4.79 Å².